The first-order valence-corrected chi connectivity index (χ1v) is 9.82. The molecule has 0 aliphatic rings. The minimum absolute atomic E-state index is 0.0776. The molecule has 0 aliphatic heterocycles. The number of nitrogens with one attached hydrogen (secondary N) is 4. The number of aromatic nitrogens is 2. The smallest absolute Gasteiger partial charge is 0.322 e. The Labute approximate surface area is 187 Å². The van der Waals surface area contributed by atoms with Crippen molar-refractivity contribution in [3.05, 3.63) is 18.2 Å². The van der Waals surface area contributed by atoms with E-state index in [1.807, 2.05) is 0 Å². The molecule has 1 heterocycles. The summed E-state index contributed by atoms with van der Waals surface area (Å²) in [5, 5.41) is 24.4. The molecular weight excluding hydrogens is 442 g/mol. The second-order valence-electron chi connectivity index (χ2n) is 7.06. The van der Waals surface area contributed by atoms with E-state index < -0.39 is 60.2 Å². The molecule has 3 unspecified atom stereocenters. The Morgan fingerprint density at radius 1 is 0.939 bits per heavy atom. The summed E-state index contributed by atoms with van der Waals surface area (Å²) in [5.74, 6) is -5.69. The fourth-order valence-corrected chi connectivity index (χ4v) is 2.63. The maximum Gasteiger partial charge on any atom is 0.322 e. The highest BCUT2D eigenvalue weighted by atomic mass is 16.4. The molecule has 3 atom stereocenters. The number of carbonyl (C=O) groups is 6. The predicted octanol–water partition coefficient (Wildman–Crippen LogP) is -3.42. The molecule has 0 spiro atoms. The molecule has 0 fully saturated rings. The van der Waals surface area contributed by atoms with Crippen LogP contribution in [-0.4, -0.2) is 80.4 Å². The lowest BCUT2D eigenvalue weighted by Crippen LogP contribution is -2.56. The van der Waals surface area contributed by atoms with Crippen LogP contribution in [0.2, 0.25) is 0 Å². The number of nitrogens with two attached hydrogens (primary N) is 2. The van der Waals surface area contributed by atoms with Gasteiger partial charge in [0.1, 0.15) is 18.6 Å². The summed E-state index contributed by atoms with van der Waals surface area (Å²) in [6, 6.07) is -3.80. The molecule has 1 aromatic rings. The Morgan fingerprint density at radius 2 is 1.61 bits per heavy atom. The van der Waals surface area contributed by atoms with Crippen LogP contribution < -0.4 is 27.4 Å². The van der Waals surface area contributed by atoms with E-state index in [-0.39, 0.29) is 32.1 Å². The van der Waals surface area contributed by atoms with Gasteiger partial charge in [-0.2, -0.15) is 0 Å². The van der Waals surface area contributed by atoms with E-state index in [0.717, 1.165) is 0 Å². The molecule has 15 heteroatoms. The normalized spacial score (nSPS) is 13.2. The van der Waals surface area contributed by atoms with Crippen LogP contribution in [0.1, 0.15) is 31.4 Å². The van der Waals surface area contributed by atoms with Crippen molar-refractivity contribution >= 4 is 35.6 Å². The molecule has 1 rings (SSSR count). The van der Waals surface area contributed by atoms with Gasteiger partial charge in [-0.1, -0.05) is 0 Å². The van der Waals surface area contributed by atoms with Crippen molar-refractivity contribution < 1.29 is 39.0 Å². The maximum absolute atomic E-state index is 12.8. The van der Waals surface area contributed by atoms with Gasteiger partial charge in [0, 0.05) is 31.2 Å². The summed E-state index contributed by atoms with van der Waals surface area (Å²) in [6.45, 7) is -0.686. The molecule has 0 bridgehead atoms. The monoisotopic (exact) mass is 469 g/mol. The summed E-state index contributed by atoms with van der Waals surface area (Å²) >= 11 is 0. The standard InChI is InChI=1S/C18H27N7O8/c19-10(1-4-14(27)28)16(31)24-11(2-3-13(20)26)18(33)25-12(5-9-6-21-8-23-9)17(32)22-7-15(29)30/h6,8,10-12H,1-5,7,19H2,(H2,20,26)(H,21,23)(H,22,32)(H,24,31)(H,25,33)(H,27,28)(H,29,30). The highest BCUT2D eigenvalue weighted by Crippen LogP contribution is 2.04. The molecule has 10 N–H and O–H groups in total. The number of primary amides is 1. The van der Waals surface area contributed by atoms with Crippen molar-refractivity contribution in [2.24, 2.45) is 11.5 Å². The average Bonchev–Trinajstić information content (AvgIpc) is 3.25. The van der Waals surface area contributed by atoms with E-state index in [1.54, 1.807) is 0 Å². The minimum Gasteiger partial charge on any atom is -0.481 e. The van der Waals surface area contributed by atoms with Crippen LogP contribution in [0.5, 0.6) is 0 Å². The molecule has 15 nitrogen and oxygen atoms in total. The lowest BCUT2D eigenvalue weighted by Gasteiger charge is -2.23. The van der Waals surface area contributed by atoms with Gasteiger partial charge in [-0.25, -0.2) is 4.98 Å². The van der Waals surface area contributed by atoms with Crippen LogP contribution in [0.4, 0.5) is 0 Å². The van der Waals surface area contributed by atoms with Gasteiger partial charge in [-0.3, -0.25) is 28.8 Å². The Bertz CT molecular complexity index is 858. The fourth-order valence-electron chi connectivity index (χ4n) is 2.63. The number of imidazole rings is 1. The summed E-state index contributed by atoms with van der Waals surface area (Å²) in [7, 11) is 0. The fraction of sp³-hybridized carbons (Fsp3) is 0.500. The van der Waals surface area contributed by atoms with Crippen LogP contribution in [0.3, 0.4) is 0 Å². The van der Waals surface area contributed by atoms with Gasteiger partial charge in [-0.15, -0.1) is 0 Å². The highest BCUT2D eigenvalue weighted by Gasteiger charge is 2.29. The second kappa shape index (κ2) is 13.4. The van der Waals surface area contributed by atoms with Gasteiger partial charge >= 0.3 is 11.9 Å². The van der Waals surface area contributed by atoms with Crippen molar-refractivity contribution in [1.29, 1.82) is 0 Å². The number of carboxylic acid groups (broad SMARTS) is 2. The van der Waals surface area contributed by atoms with E-state index >= 15 is 0 Å². The van der Waals surface area contributed by atoms with E-state index in [0.29, 0.717) is 5.69 Å². The Morgan fingerprint density at radius 3 is 2.15 bits per heavy atom. The first-order chi connectivity index (χ1) is 15.5. The Kier molecular flexibility index (Phi) is 11.0. The van der Waals surface area contributed by atoms with E-state index in [2.05, 4.69) is 25.9 Å². The Balaban J connectivity index is 2.94. The zero-order chi connectivity index (χ0) is 25.0. The summed E-state index contributed by atoms with van der Waals surface area (Å²) in [6.07, 6.45) is 1.61. The topological polar surface area (TPSA) is 260 Å². The van der Waals surface area contributed by atoms with Crippen molar-refractivity contribution in [3.63, 3.8) is 0 Å². The first kappa shape index (κ1) is 27.0. The average molecular weight is 469 g/mol. The summed E-state index contributed by atoms with van der Waals surface area (Å²) in [4.78, 5) is 76.7. The third-order valence-electron chi connectivity index (χ3n) is 4.34. The zero-order valence-electron chi connectivity index (χ0n) is 17.6. The van der Waals surface area contributed by atoms with Crippen molar-refractivity contribution in [2.45, 2.75) is 50.2 Å². The lowest BCUT2D eigenvalue weighted by molar-refractivity contribution is -0.139. The summed E-state index contributed by atoms with van der Waals surface area (Å²) in [5.41, 5.74) is 11.2. The molecule has 33 heavy (non-hydrogen) atoms. The second-order valence-corrected chi connectivity index (χ2v) is 7.06. The molecule has 0 saturated heterocycles. The van der Waals surface area contributed by atoms with Crippen molar-refractivity contribution in [3.8, 4) is 0 Å². The molecule has 0 radical (unpaired) electrons. The van der Waals surface area contributed by atoms with E-state index in [1.165, 1.54) is 12.5 Å². The Hall–Kier alpha value is -4.01. The van der Waals surface area contributed by atoms with E-state index in [9.17, 15) is 28.8 Å². The number of carbonyl (C=O) groups excluding carboxylic acids is 4. The molecule has 0 saturated carbocycles. The van der Waals surface area contributed by atoms with Crippen LogP contribution in [0, 0.1) is 0 Å². The molecule has 0 aromatic carbocycles. The molecule has 0 aliphatic carbocycles. The van der Waals surface area contributed by atoms with Crippen LogP contribution in [0.25, 0.3) is 0 Å². The predicted molar refractivity (Wildman–Crippen MR) is 110 cm³/mol. The number of amides is 4. The summed E-state index contributed by atoms with van der Waals surface area (Å²) < 4.78 is 0. The largest absolute Gasteiger partial charge is 0.481 e. The van der Waals surface area contributed by atoms with Crippen LogP contribution in [-0.2, 0) is 35.2 Å². The number of rotatable bonds is 15. The number of aliphatic carboxylic acids is 2. The highest BCUT2D eigenvalue weighted by molar-refractivity contribution is 5.94. The van der Waals surface area contributed by atoms with Gasteiger partial charge in [0.2, 0.25) is 23.6 Å². The quantitative estimate of drug-likeness (QED) is 0.126. The number of hydrogen-bond acceptors (Lipinski definition) is 8. The van der Waals surface area contributed by atoms with Crippen molar-refractivity contribution in [1.82, 2.24) is 25.9 Å². The molecule has 4 amide bonds. The van der Waals surface area contributed by atoms with Gasteiger partial charge in [-0.05, 0) is 12.8 Å². The van der Waals surface area contributed by atoms with Crippen molar-refractivity contribution in [2.75, 3.05) is 6.54 Å². The van der Waals surface area contributed by atoms with Gasteiger partial charge in [0.05, 0.1) is 12.4 Å². The molecule has 182 valence electrons. The molecule has 1 aromatic heterocycles. The third kappa shape index (κ3) is 10.7. The molecular formula is C18H27N7O8. The number of carboxylic acids is 2. The number of hydrogen-bond donors (Lipinski definition) is 8. The number of H-pyrrole nitrogens is 1. The minimum atomic E-state index is -1.32. The van der Waals surface area contributed by atoms with Crippen LogP contribution >= 0.6 is 0 Å². The lowest BCUT2D eigenvalue weighted by atomic mass is 10.1. The van der Waals surface area contributed by atoms with E-state index in [4.69, 9.17) is 21.7 Å². The maximum atomic E-state index is 12.8. The van der Waals surface area contributed by atoms with Gasteiger partial charge < -0.3 is 42.6 Å². The first-order valence-electron chi connectivity index (χ1n) is 9.82. The number of nitrogens with zero attached hydrogens (tertiary/aromatic N) is 1. The van der Waals surface area contributed by atoms with Gasteiger partial charge in [0.15, 0.2) is 0 Å². The zero-order valence-corrected chi connectivity index (χ0v) is 17.6. The number of aromatic amines is 1. The van der Waals surface area contributed by atoms with Crippen LogP contribution in [0.15, 0.2) is 12.5 Å². The third-order valence-corrected chi connectivity index (χ3v) is 4.34. The van der Waals surface area contributed by atoms with Gasteiger partial charge in [0.25, 0.3) is 0 Å². The SMILES string of the molecule is NC(=O)CCC(NC(=O)C(N)CCC(=O)O)C(=O)NC(Cc1cnc[nH]1)C(=O)NCC(=O)O.